The van der Waals surface area contributed by atoms with E-state index < -0.39 is 16.0 Å². The first kappa shape index (κ1) is 20.9. The second-order valence-corrected chi connectivity index (χ2v) is 7.15. The average molecular weight is 461 g/mol. The summed E-state index contributed by atoms with van der Waals surface area (Å²) in [5.74, 6) is 0.505. The molecule has 4 rings (SSSR count). The quantitative estimate of drug-likeness (QED) is 0.352. The molecular formula is C20H21BrN4O4. The number of halogens is 1. The molecule has 1 fully saturated rings. The molecular weight excluding hydrogens is 440 g/mol. The van der Waals surface area contributed by atoms with Gasteiger partial charge in [0.25, 0.3) is 5.69 Å². The van der Waals surface area contributed by atoms with Crippen molar-refractivity contribution in [1.29, 1.82) is 0 Å². The largest absolute Gasteiger partial charge is 0.316 e. The predicted octanol–water partition coefficient (Wildman–Crippen LogP) is 3.08. The third-order valence-corrected chi connectivity index (χ3v) is 5.37. The fraction of sp³-hybridized carbons (Fsp3) is 0.300. The molecule has 0 unspecified atom stereocenters. The molecule has 2 N–H and O–H groups in total. The van der Waals surface area contributed by atoms with Crippen LogP contribution >= 0.6 is 17.0 Å². The van der Waals surface area contributed by atoms with Gasteiger partial charge in [-0.2, -0.15) is 0 Å². The number of hydrogen-bond acceptors (Lipinski definition) is 5. The van der Waals surface area contributed by atoms with Gasteiger partial charge in [0.05, 0.1) is 16.0 Å². The van der Waals surface area contributed by atoms with Crippen molar-refractivity contribution in [3.63, 3.8) is 0 Å². The number of benzene rings is 2. The van der Waals surface area contributed by atoms with Crippen LogP contribution in [0.4, 0.5) is 5.69 Å². The van der Waals surface area contributed by atoms with Crippen molar-refractivity contribution in [2.75, 3.05) is 13.1 Å². The molecule has 1 aliphatic heterocycles. The maximum Gasteiger partial charge on any atom is 0.314 e. The molecule has 3 aromatic rings. The Morgan fingerprint density at radius 3 is 2.17 bits per heavy atom. The van der Waals surface area contributed by atoms with Crippen LogP contribution in [0.1, 0.15) is 29.9 Å². The molecule has 1 aliphatic rings. The summed E-state index contributed by atoms with van der Waals surface area (Å²) in [6.45, 7) is 2.11. The van der Waals surface area contributed by atoms with Gasteiger partial charge in [-0.05, 0) is 43.5 Å². The lowest BCUT2D eigenvalue weighted by Crippen LogP contribution is -2.33. The van der Waals surface area contributed by atoms with Gasteiger partial charge in [-0.3, -0.25) is 24.6 Å². The minimum atomic E-state index is -0.822. The summed E-state index contributed by atoms with van der Waals surface area (Å²) < 4.78 is 0. The highest BCUT2D eigenvalue weighted by atomic mass is 79.9. The molecule has 8 nitrogen and oxygen atoms in total. The third kappa shape index (κ3) is 4.46. The zero-order valence-corrected chi connectivity index (χ0v) is 17.3. The number of aromatic amines is 2. The number of piperidine rings is 1. The Bertz CT molecular complexity index is 1130. The maximum atomic E-state index is 11.6. The fourth-order valence-corrected chi connectivity index (χ4v) is 3.89. The van der Waals surface area contributed by atoms with Crippen molar-refractivity contribution in [3.8, 4) is 0 Å². The Morgan fingerprint density at radius 2 is 1.59 bits per heavy atom. The smallest absolute Gasteiger partial charge is 0.314 e. The molecule has 29 heavy (non-hydrogen) atoms. The van der Waals surface area contributed by atoms with Gasteiger partial charge in [0.15, 0.2) is 0 Å². The van der Waals surface area contributed by atoms with Gasteiger partial charge in [0.1, 0.15) is 0 Å². The Labute approximate surface area is 176 Å². The molecule has 2 aromatic carbocycles. The molecule has 0 amide bonds. The Hall–Kier alpha value is -2.78. The minimum absolute atomic E-state index is 0. The molecule has 1 aromatic heterocycles. The molecule has 0 aliphatic carbocycles. The SMILES string of the molecule is Br.O=c1[nH]c2cc(CN3CCC(c4ccccc4)CC3)c([N+](=O)[O-])cc2[nH]c1=O. The zero-order valence-electron chi connectivity index (χ0n) is 15.6. The van der Waals surface area contributed by atoms with Crippen molar-refractivity contribution in [1.82, 2.24) is 14.9 Å². The van der Waals surface area contributed by atoms with E-state index in [-0.39, 0.29) is 28.2 Å². The summed E-state index contributed by atoms with van der Waals surface area (Å²) in [5.41, 5.74) is 0.861. The van der Waals surface area contributed by atoms with Crippen LogP contribution in [-0.4, -0.2) is 32.9 Å². The summed E-state index contributed by atoms with van der Waals surface area (Å²) in [5, 5.41) is 11.5. The summed E-state index contributed by atoms with van der Waals surface area (Å²) in [4.78, 5) is 41.2. The van der Waals surface area contributed by atoms with Crippen LogP contribution in [0.25, 0.3) is 11.0 Å². The Morgan fingerprint density at radius 1 is 1.00 bits per heavy atom. The van der Waals surface area contributed by atoms with Crippen LogP contribution in [0.2, 0.25) is 0 Å². The zero-order chi connectivity index (χ0) is 19.7. The lowest BCUT2D eigenvalue weighted by Gasteiger charge is -2.32. The van der Waals surface area contributed by atoms with E-state index in [1.54, 1.807) is 6.07 Å². The van der Waals surface area contributed by atoms with Gasteiger partial charge in [-0.1, -0.05) is 30.3 Å². The summed E-state index contributed by atoms with van der Waals surface area (Å²) in [6, 6.07) is 13.3. The van der Waals surface area contributed by atoms with Gasteiger partial charge >= 0.3 is 11.1 Å². The van der Waals surface area contributed by atoms with Gasteiger partial charge in [-0.15, -0.1) is 17.0 Å². The molecule has 9 heteroatoms. The number of rotatable bonds is 4. The summed E-state index contributed by atoms with van der Waals surface area (Å²) >= 11 is 0. The Kier molecular flexibility index (Phi) is 6.29. The third-order valence-electron chi connectivity index (χ3n) is 5.37. The number of nitrogens with zero attached hydrogens (tertiary/aromatic N) is 2. The summed E-state index contributed by atoms with van der Waals surface area (Å²) in [7, 11) is 0. The first-order valence-corrected chi connectivity index (χ1v) is 9.22. The van der Waals surface area contributed by atoms with E-state index >= 15 is 0 Å². The number of hydrogen-bond donors (Lipinski definition) is 2. The van der Waals surface area contributed by atoms with E-state index in [0.29, 0.717) is 23.5 Å². The van der Waals surface area contributed by atoms with Crippen LogP contribution in [0.3, 0.4) is 0 Å². The van der Waals surface area contributed by atoms with Crippen molar-refractivity contribution in [2.24, 2.45) is 0 Å². The standard InChI is InChI=1S/C20H20N4O4.BrH/c25-19-20(26)22-17-11-18(24(27)28)15(10-16(17)21-19)12-23-8-6-14(7-9-23)13-4-2-1-3-5-13;/h1-5,10-11,14H,6-9,12H2,(H,21,25)(H,22,26);1H. The van der Waals surface area contributed by atoms with Crippen molar-refractivity contribution in [3.05, 3.63) is 84.4 Å². The number of H-pyrrole nitrogens is 2. The van der Waals surface area contributed by atoms with E-state index in [4.69, 9.17) is 0 Å². The van der Waals surface area contributed by atoms with E-state index in [2.05, 4.69) is 27.0 Å². The monoisotopic (exact) mass is 460 g/mol. The first-order chi connectivity index (χ1) is 13.5. The lowest BCUT2D eigenvalue weighted by molar-refractivity contribution is -0.385. The minimum Gasteiger partial charge on any atom is -0.316 e. The normalized spacial score (nSPS) is 15.2. The molecule has 0 radical (unpaired) electrons. The summed E-state index contributed by atoms with van der Waals surface area (Å²) in [6.07, 6.45) is 1.99. The van der Waals surface area contributed by atoms with E-state index in [0.717, 1.165) is 25.9 Å². The van der Waals surface area contributed by atoms with Crippen LogP contribution in [0, 0.1) is 10.1 Å². The van der Waals surface area contributed by atoms with Crippen LogP contribution in [-0.2, 0) is 6.54 Å². The second-order valence-electron chi connectivity index (χ2n) is 7.15. The lowest BCUT2D eigenvalue weighted by atomic mass is 9.89. The van der Waals surface area contributed by atoms with Crippen LogP contribution in [0.15, 0.2) is 52.1 Å². The molecule has 0 spiro atoms. The molecule has 152 valence electrons. The highest BCUT2D eigenvalue weighted by molar-refractivity contribution is 8.93. The number of nitrogens with one attached hydrogen (secondary N) is 2. The second kappa shape index (κ2) is 8.71. The van der Waals surface area contributed by atoms with Gasteiger partial charge in [0, 0.05) is 18.2 Å². The number of aromatic nitrogens is 2. The van der Waals surface area contributed by atoms with Crippen LogP contribution in [0.5, 0.6) is 0 Å². The van der Waals surface area contributed by atoms with Crippen molar-refractivity contribution < 1.29 is 4.92 Å². The van der Waals surface area contributed by atoms with Crippen LogP contribution < -0.4 is 11.1 Å². The first-order valence-electron chi connectivity index (χ1n) is 9.22. The molecule has 2 heterocycles. The number of likely N-dealkylation sites (tertiary alicyclic amines) is 1. The van der Waals surface area contributed by atoms with E-state index in [1.165, 1.54) is 11.6 Å². The molecule has 0 bridgehead atoms. The highest BCUT2D eigenvalue weighted by Crippen LogP contribution is 2.30. The van der Waals surface area contributed by atoms with Gasteiger partial charge in [0.2, 0.25) is 0 Å². The fourth-order valence-electron chi connectivity index (χ4n) is 3.89. The highest BCUT2D eigenvalue weighted by Gasteiger charge is 2.24. The van der Waals surface area contributed by atoms with Crippen molar-refractivity contribution >= 4 is 33.7 Å². The number of nitro groups is 1. The number of fused-ring (bicyclic) bond motifs is 1. The van der Waals surface area contributed by atoms with Gasteiger partial charge in [-0.25, -0.2) is 0 Å². The predicted molar refractivity (Wildman–Crippen MR) is 116 cm³/mol. The maximum absolute atomic E-state index is 11.6. The molecule has 1 saturated heterocycles. The van der Waals surface area contributed by atoms with Gasteiger partial charge < -0.3 is 9.97 Å². The number of nitro benzene ring substituents is 1. The molecule has 0 saturated carbocycles. The van der Waals surface area contributed by atoms with Crippen molar-refractivity contribution in [2.45, 2.75) is 25.3 Å². The van der Waals surface area contributed by atoms with E-state index in [9.17, 15) is 19.7 Å². The average Bonchev–Trinajstić information content (AvgIpc) is 2.70. The Balaban J connectivity index is 0.00000240. The molecule has 0 atom stereocenters. The topological polar surface area (TPSA) is 112 Å². The van der Waals surface area contributed by atoms with E-state index in [1.807, 2.05) is 18.2 Å².